The van der Waals surface area contributed by atoms with E-state index in [1.54, 1.807) is 0 Å². The normalized spacial score (nSPS) is 29.2. The zero-order valence-corrected chi connectivity index (χ0v) is 10.8. The Morgan fingerprint density at radius 2 is 1.25 bits per heavy atom. The van der Waals surface area contributed by atoms with E-state index in [-0.39, 0.29) is 5.41 Å². The average molecular weight is 226 g/mol. The number of hydrogen-bond acceptors (Lipinski definition) is 2. The molecule has 2 aliphatic carbocycles. The Balaban J connectivity index is 2.16. The molecule has 0 radical (unpaired) electrons. The summed E-state index contributed by atoms with van der Waals surface area (Å²) in [4.78, 5) is 0. The second-order valence-electron chi connectivity index (χ2n) is 6.44. The molecule has 0 heterocycles. The fraction of sp³-hybridized carbons (Fsp3) is 1.00. The molecule has 2 heteroatoms. The van der Waals surface area contributed by atoms with Crippen LogP contribution in [0.5, 0.6) is 0 Å². The summed E-state index contributed by atoms with van der Waals surface area (Å²) in [5.41, 5.74) is -1.55. The fourth-order valence-corrected chi connectivity index (χ4v) is 3.74. The van der Waals surface area contributed by atoms with E-state index in [1.807, 2.05) is 13.8 Å². The molecule has 0 spiro atoms. The third-order valence-electron chi connectivity index (χ3n) is 4.99. The minimum absolute atomic E-state index is 0.211. The molecule has 94 valence electrons. The summed E-state index contributed by atoms with van der Waals surface area (Å²) >= 11 is 0. The van der Waals surface area contributed by atoms with Crippen LogP contribution in [0.1, 0.15) is 71.6 Å². The largest absolute Gasteiger partial charge is 0.390 e. The van der Waals surface area contributed by atoms with Gasteiger partial charge in [0, 0.05) is 5.41 Å². The van der Waals surface area contributed by atoms with Gasteiger partial charge in [0.1, 0.15) is 0 Å². The molecule has 0 aliphatic heterocycles. The van der Waals surface area contributed by atoms with Crippen LogP contribution in [0.25, 0.3) is 0 Å². The van der Waals surface area contributed by atoms with Gasteiger partial charge in [-0.25, -0.2) is 0 Å². The molecular weight excluding hydrogens is 200 g/mol. The van der Waals surface area contributed by atoms with Gasteiger partial charge >= 0.3 is 0 Å². The van der Waals surface area contributed by atoms with Crippen LogP contribution in [0.2, 0.25) is 0 Å². The molecule has 0 aromatic heterocycles. The monoisotopic (exact) mass is 226 g/mol. The molecule has 0 saturated heterocycles. The Morgan fingerprint density at radius 1 is 0.812 bits per heavy atom. The summed E-state index contributed by atoms with van der Waals surface area (Å²) in [5, 5.41) is 21.3. The Bertz CT molecular complexity index is 240. The maximum atomic E-state index is 10.9. The Hall–Kier alpha value is -0.0800. The summed E-state index contributed by atoms with van der Waals surface area (Å²) in [5.74, 6) is 0. The predicted octanol–water partition coefficient (Wildman–Crippen LogP) is 3.01. The van der Waals surface area contributed by atoms with Gasteiger partial charge in [0.05, 0.1) is 11.2 Å². The van der Waals surface area contributed by atoms with Gasteiger partial charge in [-0.15, -0.1) is 0 Å². The van der Waals surface area contributed by atoms with Gasteiger partial charge in [-0.2, -0.15) is 0 Å². The topological polar surface area (TPSA) is 40.5 Å². The lowest BCUT2D eigenvalue weighted by Crippen LogP contribution is -2.51. The van der Waals surface area contributed by atoms with Crippen molar-refractivity contribution in [2.75, 3.05) is 0 Å². The molecule has 2 fully saturated rings. The Kier molecular flexibility index (Phi) is 3.09. The first-order valence-electron chi connectivity index (χ1n) is 6.86. The molecule has 2 N–H and O–H groups in total. The lowest BCUT2D eigenvalue weighted by Gasteiger charge is -2.44. The quantitative estimate of drug-likeness (QED) is 0.760. The minimum atomic E-state index is -0.735. The van der Waals surface area contributed by atoms with Crippen LogP contribution in [0.15, 0.2) is 0 Å². The van der Waals surface area contributed by atoms with Crippen molar-refractivity contribution >= 4 is 0 Å². The third kappa shape index (κ3) is 1.91. The molecule has 2 nitrogen and oxygen atoms in total. The molecule has 0 atom stereocenters. The van der Waals surface area contributed by atoms with Gasteiger partial charge in [0.2, 0.25) is 0 Å². The molecular formula is C14H26O2. The van der Waals surface area contributed by atoms with E-state index in [2.05, 4.69) is 0 Å². The number of hydrogen-bond donors (Lipinski definition) is 2. The van der Waals surface area contributed by atoms with Crippen molar-refractivity contribution in [1.82, 2.24) is 0 Å². The molecule has 0 amide bonds. The van der Waals surface area contributed by atoms with Crippen molar-refractivity contribution in [3.05, 3.63) is 0 Å². The SMILES string of the molecule is CC(C)(O)C1(C2(O)CCCCCCC2)CC1. The van der Waals surface area contributed by atoms with Gasteiger partial charge in [-0.05, 0) is 39.5 Å². The molecule has 0 aromatic rings. The van der Waals surface area contributed by atoms with Crippen LogP contribution in [-0.2, 0) is 0 Å². The van der Waals surface area contributed by atoms with Crippen molar-refractivity contribution in [2.45, 2.75) is 82.8 Å². The first-order chi connectivity index (χ1) is 7.41. The predicted molar refractivity (Wildman–Crippen MR) is 65.2 cm³/mol. The number of aliphatic hydroxyl groups is 2. The van der Waals surface area contributed by atoms with Crippen LogP contribution in [-0.4, -0.2) is 21.4 Å². The average Bonchev–Trinajstić information content (AvgIpc) is 2.91. The van der Waals surface area contributed by atoms with E-state index in [0.717, 1.165) is 38.5 Å². The van der Waals surface area contributed by atoms with Gasteiger partial charge in [0.25, 0.3) is 0 Å². The summed E-state index contributed by atoms with van der Waals surface area (Å²) in [6, 6.07) is 0. The second kappa shape index (κ2) is 3.99. The molecule has 0 unspecified atom stereocenters. The third-order valence-corrected chi connectivity index (χ3v) is 4.99. The Morgan fingerprint density at radius 3 is 1.62 bits per heavy atom. The van der Waals surface area contributed by atoms with Crippen molar-refractivity contribution in [3.63, 3.8) is 0 Å². The molecule has 2 rings (SSSR count). The van der Waals surface area contributed by atoms with E-state index in [1.165, 1.54) is 19.3 Å². The smallest absolute Gasteiger partial charge is 0.0731 e. The van der Waals surface area contributed by atoms with Crippen molar-refractivity contribution in [2.24, 2.45) is 5.41 Å². The standard InChI is InChI=1S/C14H26O2/c1-12(2,15)13(10-11-13)14(16)8-6-4-3-5-7-9-14/h15-16H,3-11H2,1-2H3. The zero-order valence-electron chi connectivity index (χ0n) is 10.8. The lowest BCUT2D eigenvalue weighted by molar-refractivity contribution is -0.139. The highest BCUT2D eigenvalue weighted by Gasteiger charge is 2.65. The fourth-order valence-electron chi connectivity index (χ4n) is 3.74. The van der Waals surface area contributed by atoms with E-state index in [4.69, 9.17) is 0 Å². The maximum Gasteiger partial charge on any atom is 0.0731 e. The summed E-state index contributed by atoms with van der Waals surface area (Å²) in [7, 11) is 0. The van der Waals surface area contributed by atoms with Gasteiger partial charge in [0.15, 0.2) is 0 Å². The van der Waals surface area contributed by atoms with Crippen LogP contribution in [0, 0.1) is 5.41 Å². The van der Waals surface area contributed by atoms with Gasteiger partial charge in [-0.3, -0.25) is 0 Å². The van der Waals surface area contributed by atoms with Crippen molar-refractivity contribution < 1.29 is 10.2 Å². The first-order valence-corrected chi connectivity index (χ1v) is 6.86. The second-order valence-corrected chi connectivity index (χ2v) is 6.44. The minimum Gasteiger partial charge on any atom is -0.390 e. The maximum absolute atomic E-state index is 10.9. The van der Waals surface area contributed by atoms with Crippen LogP contribution >= 0.6 is 0 Å². The zero-order chi connectivity index (χ0) is 11.9. The van der Waals surface area contributed by atoms with Crippen molar-refractivity contribution in [1.29, 1.82) is 0 Å². The van der Waals surface area contributed by atoms with Crippen LogP contribution < -0.4 is 0 Å². The van der Waals surface area contributed by atoms with Gasteiger partial charge < -0.3 is 10.2 Å². The number of rotatable bonds is 2. The van der Waals surface area contributed by atoms with Crippen molar-refractivity contribution in [3.8, 4) is 0 Å². The summed E-state index contributed by atoms with van der Waals surface area (Å²) < 4.78 is 0. The molecule has 0 aromatic carbocycles. The highest BCUT2D eigenvalue weighted by Crippen LogP contribution is 2.63. The Labute approximate surface area is 99.1 Å². The van der Waals surface area contributed by atoms with E-state index >= 15 is 0 Å². The molecule has 2 saturated carbocycles. The molecule has 16 heavy (non-hydrogen) atoms. The summed E-state index contributed by atoms with van der Waals surface area (Å²) in [6.45, 7) is 3.74. The molecule has 0 bridgehead atoms. The molecule has 2 aliphatic rings. The van der Waals surface area contributed by atoms with E-state index < -0.39 is 11.2 Å². The first kappa shape index (κ1) is 12.4. The highest BCUT2D eigenvalue weighted by atomic mass is 16.3. The van der Waals surface area contributed by atoms with E-state index in [9.17, 15) is 10.2 Å². The van der Waals surface area contributed by atoms with Crippen LogP contribution in [0.3, 0.4) is 0 Å². The van der Waals surface area contributed by atoms with Crippen LogP contribution in [0.4, 0.5) is 0 Å². The van der Waals surface area contributed by atoms with E-state index in [0.29, 0.717) is 0 Å². The lowest BCUT2D eigenvalue weighted by atomic mass is 9.68. The summed E-state index contributed by atoms with van der Waals surface area (Å²) in [6.07, 6.45) is 9.79. The van der Waals surface area contributed by atoms with Gasteiger partial charge in [-0.1, -0.05) is 32.1 Å². The highest BCUT2D eigenvalue weighted by molar-refractivity contribution is 5.15.